The van der Waals surface area contributed by atoms with Crippen molar-refractivity contribution in [2.45, 2.75) is 45.6 Å². The van der Waals surface area contributed by atoms with Crippen LogP contribution in [0.4, 0.5) is 0 Å². The third kappa shape index (κ3) is 4.35. The predicted molar refractivity (Wildman–Crippen MR) is 76.2 cm³/mol. The van der Waals surface area contributed by atoms with Crippen molar-refractivity contribution in [1.82, 2.24) is 5.32 Å². The molecule has 0 aromatic heterocycles. The molecule has 0 aliphatic carbocycles. The van der Waals surface area contributed by atoms with Crippen molar-refractivity contribution in [1.29, 1.82) is 0 Å². The summed E-state index contributed by atoms with van der Waals surface area (Å²) < 4.78 is 5.48. The molecule has 2 rings (SSSR count). The molecule has 0 spiro atoms. The zero-order valence-corrected chi connectivity index (χ0v) is 11.9. The average Bonchev–Trinajstić information content (AvgIpc) is 2.91. The molecule has 1 aromatic carbocycles. The highest BCUT2D eigenvalue weighted by Gasteiger charge is 2.15. The predicted octanol–water partition coefficient (Wildman–Crippen LogP) is 2.53. The van der Waals surface area contributed by atoms with Crippen LogP contribution in [0, 0.1) is 13.8 Å². The lowest BCUT2D eigenvalue weighted by Crippen LogP contribution is -2.31. The molecular formula is C16H23NO2. The van der Waals surface area contributed by atoms with Crippen LogP contribution >= 0.6 is 0 Å². The number of aryl methyl sites for hydroxylation is 3. The van der Waals surface area contributed by atoms with Gasteiger partial charge in [0.15, 0.2) is 0 Å². The van der Waals surface area contributed by atoms with Gasteiger partial charge in [-0.25, -0.2) is 0 Å². The zero-order valence-electron chi connectivity index (χ0n) is 11.9. The summed E-state index contributed by atoms with van der Waals surface area (Å²) in [5.74, 6) is 0.119. The molecule has 1 aliphatic heterocycles. The maximum Gasteiger partial charge on any atom is 0.220 e. The minimum absolute atomic E-state index is 0.119. The Bertz CT molecular complexity index is 436. The van der Waals surface area contributed by atoms with E-state index in [4.69, 9.17) is 4.74 Å². The number of ether oxygens (including phenoxy) is 1. The van der Waals surface area contributed by atoms with Crippen LogP contribution in [-0.2, 0) is 16.0 Å². The zero-order chi connectivity index (χ0) is 13.7. The van der Waals surface area contributed by atoms with Crippen molar-refractivity contribution in [2.75, 3.05) is 13.2 Å². The Morgan fingerprint density at radius 3 is 2.89 bits per heavy atom. The summed E-state index contributed by atoms with van der Waals surface area (Å²) in [4.78, 5) is 11.8. The molecule has 0 unspecified atom stereocenters. The highest BCUT2D eigenvalue weighted by atomic mass is 16.5. The fraction of sp³-hybridized carbons (Fsp3) is 0.562. The molecule has 1 atom stereocenters. The van der Waals surface area contributed by atoms with Gasteiger partial charge in [-0.1, -0.05) is 18.2 Å². The molecule has 1 fully saturated rings. The molecule has 104 valence electrons. The minimum Gasteiger partial charge on any atom is -0.376 e. The summed E-state index contributed by atoms with van der Waals surface area (Å²) in [6.07, 6.45) is 3.76. The third-order valence-electron chi connectivity index (χ3n) is 3.76. The lowest BCUT2D eigenvalue weighted by Gasteiger charge is -2.11. The van der Waals surface area contributed by atoms with Crippen molar-refractivity contribution in [3.63, 3.8) is 0 Å². The molecule has 1 amide bonds. The number of carbonyl (C=O) groups excluding carboxylic acids is 1. The van der Waals surface area contributed by atoms with Crippen LogP contribution in [0.5, 0.6) is 0 Å². The Hall–Kier alpha value is -1.35. The second-order valence-electron chi connectivity index (χ2n) is 5.36. The van der Waals surface area contributed by atoms with Crippen molar-refractivity contribution < 1.29 is 9.53 Å². The quantitative estimate of drug-likeness (QED) is 0.884. The number of hydrogen-bond acceptors (Lipinski definition) is 2. The number of benzene rings is 1. The van der Waals surface area contributed by atoms with Crippen LogP contribution in [0.2, 0.25) is 0 Å². The van der Waals surface area contributed by atoms with Gasteiger partial charge in [-0.05, 0) is 49.8 Å². The molecule has 1 heterocycles. The number of nitrogens with one attached hydrogen (secondary N) is 1. The smallest absolute Gasteiger partial charge is 0.220 e. The number of carbonyl (C=O) groups is 1. The van der Waals surface area contributed by atoms with Crippen molar-refractivity contribution in [3.05, 3.63) is 34.9 Å². The van der Waals surface area contributed by atoms with Crippen molar-refractivity contribution >= 4 is 5.91 Å². The Kier molecular flexibility index (Phi) is 4.97. The van der Waals surface area contributed by atoms with Crippen molar-refractivity contribution in [3.8, 4) is 0 Å². The first-order chi connectivity index (χ1) is 9.15. The number of hydrogen-bond donors (Lipinski definition) is 1. The van der Waals surface area contributed by atoms with E-state index in [-0.39, 0.29) is 12.0 Å². The normalized spacial score (nSPS) is 18.5. The molecule has 1 saturated heterocycles. The molecule has 19 heavy (non-hydrogen) atoms. The van der Waals surface area contributed by atoms with E-state index in [0.717, 1.165) is 25.9 Å². The molecule has 3 heteroatoms. The first kappa shape index (κ1) is 14.1. The van der Waals surface area contributed by atoms with Gasteiger partial charge in [-0.2, -0.15) is 0 Å². The summed E-state index contributed by atoms with van der Waals surface area (Å²) >= 11 is 0. The van der Waals surface area contributed by atoms with Gasteiger partial charge in [0.25, 0.3) is 0 Å². The third-order valence-corrected chi connectivity index (χ3v) is 3.76. The molecule has 1 aliphatic rings. The first-order valence-corrected chi connectivity index (χ1v) is 7.09. The lowest BCUT2D eigenvalue weighted by atomic mass is 10.0. The van der Waals surface area contributed by atoms with Gasteiger partial charge in [-0.15, -0.1) is 0 Å². The van der Waals surface area contributed by atoms with Gasteiger partial charge in [0.05, 0.1) is 6.10 Å². The van der Waals surface area contributed by atoms with Gasteiger partial charge in [0.2, 0.25) is 5.91 Å². The maximum atomic E-state index is 11.8. The average molecular weight is 261 g/mol. The van der Waals surface area contributed by atoms with E-state index in [0.29, 0.717) is 13.0 Å². The molecule has 1 N–H and O–H groups in total. The number of amides is 1. The highest BCUT2D eigenvalue weighted by molar-refractivity contribution is 5.76. The van der Waals surface area contributed by atoms with Gasteiger partial charge in [0, 0.05) is 19.6 Å². The van der Waals surface area contributed by atoms with E-state index in [1.165, 1.54) is 16.7 Å². The summed E-state index contributed by atoms with van der Waals surface area (Å²) in [5, 5.41) is 2.96. The standard InChI is InChI=1S/C16H23NO2/c1-12-5-6-14(10-13(12)2)7-8-16(18)17-11-15-4-3-9-19-15/h5-6,10,15H,3-4,7-9,11H2,1-2H3,(H,17,18)/t15-/m1/s1. The fourth-order valence-electron chi connectivity index (χ4n) is 2.34. The SMILES string of the molecule is Cc1ccc(CCC(=O)NC[C@H]2CCCO2)cc1C. The molecular weight excluding hydrogens is 238 g/mol. The number of rotatable bonds is 5. The summed E-state index contributed by atoms with van der Waals surface area (Å²) in [6, 6.07) is 6.40. The molecule has 0 radical (unpaired) electrons. The molecule has 0 bridgehead atoms. The van der Waals surface area contributed by atoms with E-state index in [9.17, 15) is 4.79 Å². The second kappa shape index (κ2) is 6.71. The van der Waals surface area contributed by atoms with E-state index in [2.05, 4.69) is 37.4 Å². The largest absolute Gasteiger partial charge is 0.376 e. The van der Waals surface area contributed by atoms with Crippen LogP contribution in [0.25, 0.3) is 0 Å². The summed E-state index contributed by atoms with van der Waals surface area (Å²) in [7, 11) is 0. The minimum atomic E-state index is 0.119. The Labute approximate surface area is 115 Å². The Morgan fingerprint density at radius 1 is 1.37 bits per heavy atom. The van der Waals surface area contributed by atoms with Gasteiger partial charge < -0.3 is 10.1 Å². The first-order valence-electron chi connectivity index (χ1n) is 7.09. The van der Waals surface area contributed by atoms with E-state index in [1.54, 1.807) is 0 Å². The summed E-state index contributed by atoms with van der Waals surface area (Å²) in [5.41, 5.74) is 3.82. The van der Waals surface area contributed by atoms with Crippen molar-refractivity contribution in [2.24, 2.45) is 0 Å². The highest BCUT2D eigenvalue weighted by Crippen LogP contribution is 2.12. The van der Waals surface area contributed by atoms with Crippen LogP contribution in [-0.4, -0.2) is 25.2 Å². The lowest BCUT2D eigenvalue weighted by molar-refractivity contribution is -0.121. The topological polar surface area (TPSA) is 38.3 Å². The Balaban J connectivity index is 1.71. The fourth-order valence-corrected chi connectivity index (χ4v) is 2.34. The van der Waals surface area contributed by atoms with E-state index < -0.39 is 0 Å². The van der Waals surface area contributed by atoms with Gasteiger partial charge in [-0.3, -0.25) is 4.79 Å². The monoisotopic (exact) mass is 261 g/mol. The van der Waals surface area contributed by atoms with E-state index >= 15 is 0 Å². The second-order valence-corrected chi connectivity index (χ2v) is 5.36. The van der Waals surface area contributed by atoms with Gasteiger partial charge in [0.1, 0.15) is 0 Å². The Morgan fingerprint density at radius 2 is 2.21 bits per heavy atom. The van der Waals surface area contributed by atoms with Crippen LogP contribution in [0.15, 0.2) is 18.2 Å². The van der Waals surface area contributed by atoms with Crippen LogP contribution in [0.1, 0.15) is 36.0 Å². The maximum absolute atomic E-state index is 11.8. The summed E-state index contributed by atoms with van der Waals surface area (Å²) in [6.45, 7) is 5.71. The molecule has 3 nitrogen and oxygen atoms in total. The van der Waals surface area contributed by atoms with E-state index in [1.807, 2.05) is 0 Å². The molecule has 1 aromatic rings. The molecule has 0 saturated carbocycles. The van der Waals surface area contributed by atoms with Crippen LogP contribution in [0.3, 0.4) is 0 Å². The van der Waals surface area contributed by atoms with Crippen LogP contribution < -0.4 is 5.32 Å². The van der Waals surface area contributed by atoms with Gasteiger partial charge >= 0.3 is 0 Å².